The van der Waals surface area contributed by atoms with E-state index in [1.807, 2.05) is 0 Å². The van der Waals surface area contributed by atoms with Crippen LogP contribution in [-0.4, -0.2) is 14.5 Å². The quantitative estimate of drug-likeness (QED) is 0.928. The van der Waals surface area contributed by atoms with E-state index in [-0.39, 0.29) is 11.1 Å². The molecule has 4 nitrogen and oxygen atoms in total. The second-order valence-corrected chi connectivity index (χ2v) is 7.51. The number of furan rings is 1. The van der Waals surface area contributed by atoms with Crippen LogP contribution in [0.3, 0.4) is 0 Å². The Hall–Kier alpha value is -0.810. The summed E-state index contributed by atoms with van der Waals surface area (Å²) in [5, 5.41) is 0.0262. The Labute approximate surface area is 114 Å². The second kappa shape index (κ2) is 5.29. The van der Waals surface area contributed by atoms with Gasteiger partial charge in [-0.3, -0.25) is 0 Å². The lowest BCUT2D eigenvalue weighted by Gasteiger charge is -2.39. The standard InChI is InChI=1S/C14H21NO3S/c16-19(17,14-6-3-9-18-14)15-13-8-7-11-4-1-2-5-12(11)10-13/h3,6,9,11-13,15H,1-2,4-5,7-8,10H2. The van der Waals surface area contributed by atoms with Crippen molar-refractivity contribution in [3.8, 4) is 0 Å². The van der Waals surface area contributed by atoms with E-state index in [1.54, 1.807) is 6.07 Å². The summed E-state index contributed by atoms with van der Waals surface area (Å²) in [6.07, 6.45) is 9.77. The number of sulfonamides is 1. The van der Waals surface area contributed by atoms with E-state index in [9.17, 15) is 8.42 Å². The number of hydrogen-bond donors (Lipinski definition) is 1. The maximum Gasteiger partial charge on any atom is 0.274 e. The van der Waals surface area contributed by atoms with Crippen LogP contribution in [0, 0.1) is 11.8 Å². The summed E-state index contributed by atoms with van der Waals surface area (Å²) < 4.78 is 32.0. The van der Waals surface area contributed by atoms with E-state index in [0.29, 0.717) is 5.92 Å². The van der Waals surface area contributed by atoms with Gasteiger partial charge in [-0.1, -0.05) is 25.7 Å². The van der Waals surface area contributed by atoms with Crippen LogP contribution in [-0.2, 0) is 10.0 Å². The molecule has 2 saturated carbocycles. The fourth-order valence-electron chi connectivity index (χ4n) is 3.67. The SMILES string of the molecule is O=S(=O)(NC1CCC2CCCCC2C1)c1ccco1. The molecule has 106 valence electrons. The van der Waals surface area contributed by atoms with E-state index in [0.717, 1.165) is 25.2 Å². The van der Waals surface area contributed by atoms with Gasteiger partial charge in [-0.05, 0) is 43.2 Å². The van der Waals surface area contributed by atoms with Crippen LogP contribution >= 0.6 is 0 Å². The highest BCUT2D eigenvalue weighted by Gasteiger charge is 2.34. The molecule has 3 atom stereocenters. The molecule has 2 aliphatic rings. The van der Waals surface area contributed by atoms with Crippen molar-refractivity contribution in [2.24, 2.45) is 11.8 Å². The van der Waals surface area contributed by atoms with Crippen molar-refractivity contribution in [3.63, 3.8) is 0 Å². The van der Waals surface area contributed by atoms with Crippen molar-refractivity contribution < 1.29 is 12.8 Å². The van der Waals surface area contributed by atoms with Crippen LogP contribution in [0.1, 0.15) is 44.9 Å². The molecule has 0 spiro atoms. The lowest BCUT2D eigenvalue weighted by molar-refractivity contribution is 0.151. The van der Waals surface area contributed by atoms with Gasteiger partial charge in [-0.2, -0.15) is 0 Å². The van der Waals surface area contributed by atoms with Gasteiger partial charge >= 0.3 is 0 Å². The lowest BCUT2D eigenvalue weighted by atomic mass is 9.70. The van der Waals surface area contributed by atoms with Crippen LogP contribution < -0.4 is 4.72 Å². The van der Waals surface area contributed by atoms with Gasteiger partial charge in [0, 0.05) is 6.04 Å². The number of fused-ring (bicyclic) bond motifs is 1. The van der Waals surface area contributed by atoms with E-state index < -0.39 is 10.0 Å². The van der Waals surface area contributed by atoms with Crippen molar-refractivity contribution in [2.75, 3.05) is 0 Å². The first kappa shape index (κ1) is 13.2. The Morgan fingerprint density at radius 2 is 1.89 bits per heavy atom. The molecule has 5 heteroatoms. The third kappa shape index (κ3) is 2.87. The first-order valence-electron chi connectivity index (χ1n) is 7.21. The van der Waals surface area contributed by atoms with Crippen LogP contribution in [0.4, 0.5) is 0 Å². The number of hydrogen-bond acceptors (Lipinski definition) is 3. The molecule has 1 aromatic rings. The summed E-state index contributed by atoms with van der Waals surface area (Å²) in [6, 6.07) is 3.18. The van der Waals surface area contributed by atoms with Crippen LogP contribution in [0.25, 0.3) is 0 Å². The van der Waals surface area contributed by atoms with Crippen LogP contribution in [0.5, 0.6) is 0 Å². The van der Waals surface area contributed by atoms with Gasteiger partial charge in [0.2, 0.25) is 5.09 Å². The largest absolute Gasteiger partial charge is 0.452 e. The van der Waals surface area contributed by atoms with Gasteiger partial charge in [-0.15, -0.1) is 0 Å². The molecule has 2 aliphatic carbocycles. The van der Waals surface area contributed by atoms with Gasteiger partial charge in [-0.25, -0.2) is 13.1 Å². The van der Waals surface area contributed by atoms with E-state index >= 15 is 0 Å². The van der Waals surface area contributed by atoms with Crippen molar-refractivity contribution in [2.45, 2.75) is 56.1 Å². The molecule has 0 bridgehead atoms. The molecule has 1 N–H and O–H groups in total. The van der Waals surface area contributed by atoms with E-state index in [2.05, 4.69) is 4.72 Å². The van der Waals surface area contributed by atoms with Gasteiger partial charge in [0.1, 0.15) is 0 Å². The van der Waals surface area contributed by atoms with Gasteiger partial charge < -0.3 is 4.42 Å². The normalized spacial score (nSPS) is 31.9. The molecular weight excluding hydrogens is 262 g/mol. The first-order chi connectivity index (χ1) is 9.15. The Balaban J connectivity index is 1.65. The van der Waals surface area contributed by atoms with Crippen LogP contribution in [0.2, 0.25) is 0 Å². The van der Waals surface area contributed by atoms with Crippen molar-refractivity contribution in [3.05, 3.63) is 18.4 Å². The molecule has 0 amide bonds. The van der Waals surface area contributed by atoms with Crippen LogP contribution in [0.15, 0.2) is 27.9 Å². The summed E-state index contributed by atoms with van der Waals surface area (Å²) in [6.45, 7) is 0. The minimum absolute atomic E-state index is 0.0262. The second-order valence-electron chi connectivity index (χ2n) is 5.87. The molecular formula is C14H21NO3S. The predicted octanol–water partition coefficient (Wildman–Crippen LogP) is 2.92. The Kier molecular flexibility index (Phi) is 3.67. The fraction of sp³-hybridized carbons (Fsp3) is 0.714. The van der Waals surface area contributed by atoms with Crippen molar-refractivity contribution in [1.82, 2.24) is 4.72 Å². The summed E-state index contributed by atoms with van der Waals surface area (Å²) >= 11 is 0. The Bertz CT molecular complexity index is 509. The summed E-state index contributed by atoms with van der Waals surface area (Å²) in [5.74, 6) is 1.55. The smallest absolute Gasteiger partial charge is 0.274 e. The molecule has 0 saturated heterocycles. The maximum absolute atomic E-state index is 12.1. The zero-order valence-corrected chi connectivity index (χ0v) is 11.9. The molecule has 19 heavy (non-hydrogen) atoms. The summed E-state index contributed by atoms with van der Waals surface area (Å²) in [4.78, 5) is 0. The fourth-order valence-corrected chi connectivity index (χ4v) is 4.88. The zero-order valence-electron chi connectivity index (χ0n) is 11.0. The minimum Gasteiger partial charge on any atom is -0.452 e. The zero-order chi connectivity index (χ0) is 13.3. The average molecular weight is 283 g/mol. The molecule has 2 fully saturated rings. The molecule has 0 aliphatic heterocycles. The summed E-state index contributed by atoms with van der Waals surface area (Å²) in [7, 11) is -3.47. The molecule has 1 heterocycles. The lowest BCUT2D eigenvalue weighted by Crippen LogP contribution is -2.41. The highest BCUT2D eigenvalue weighted by molar-refractivity contribution is 7.89. The summed E-state index contributed by atoms with van der Waals surface area (Å²) in [5.41, 5.74) is 0. The predicted molar refractivity (Wildman–Crippen MR) is 72.1 cm³/mol. The monoisotopic (exact) mass is 283 g/mol. The van der Waals surface area contributed by atoms with E-state index in [4.69, 9.17) is 4.42 Å². The molecule has 3 rings (SSSR count). The number of rotatable bonds is 3. The van der Waals surface area contributed by atoms with Gasteiger partial charge in [0.15, 0.2) is 0 Å². The Morgan fingerprint density at radius 1 is 1.11 bits per heavy atom. The highest BCUT2D eigenvalue weighted by atomic mass is 32.2. The van der Waals surface area contributed by atoms with Gasteiger partial charge in [0.05, 0.1) is 6.26 Å². The molecule has 3 unspecified atom stereocenters. The molecule has 0 radical (unpaired) electrons. The first-order valence-corrected chi connectivity index (χ1v) is 8.69. The third-order valence-electron chi connectivity index (χ3n) is 4.62. The Morgan fingerprint density at radius 3 is 2.63 bits per heavy atom. The number of nitrogens with one attached hydrogen (secondary N) is 1. The molecule has 0 aromatic carbocycles. The molecule has 1 aromatic heterocycles. The minimum atomic E-state index is -3.47. The maximum atomic E-state index is 12.1. The van der Waals surface area contributed by atoms with Crippen molar-refractivity contribution >= 4 is 10.0 Å². The topological polar surface area (TPSA) is 59.3 Å². The van der Waals surface area contributed by atoms with Gasteiger partial charge in [0.25, 0.3) is 10.0 Å². The third-order valence-corrected chi connectivity index (χ3v) is 6.03. The highest BCUT2D eigenvalue weighted by Crippen LogP contribution is 2.40. The van der Waals surface area contributed by atoms with Crippen molar-refractivity contribution in [1.29, 1.82) is 0 Å². The van der Waals surface area contributed by atoms with E-state index in [1.165, 1.54) is 38.0 Å². The average Bonchev–Trinajstić information content (AvgIpc) is 2.93.